The molecule has 0 bridgehead atoms. The van der Waals surface area contributed by atoms with Gasteiger partial charge in [-0.1, -0.05) is 48.5 Å². The Morgan fingerprint density at radius 2 is 1.82 bits per heavy atom. The van der Waals surface area contributed by atoms with Gasteiger partial charge in [0.25, 0.3) is 5.56 Å². The second kappa shape index (κ2) is 13.3. The van der Waals surface area contributed by atoms with E-state index in [-0.39, 0.29) is 30.3 Å². The number of hydrogen-bond acceptors (Lipinski definition) is 7. The van der Waals surface area contributed by atoms with Crippen LogP contribution in [0.1, 0.15) is 41.6 Å². The van der Waals surface area contributed by atoms with E-state index in [1.807, 2.05) is 24.3 Å². The van der Waals surface area contributed by atoms with Crippen LogP contribution < -0.4 is 15.6 Å². The van der Waals surface area contributed by atoms with Crippen LogP contribution in [0, 0.1) is 0 Å². The van der Waals surface area contributed by atoms with Gasteiger partial charge in [0.1, 0.15) is 11.5 Å². The first-order valence-corrected chi connectivity index (χ1v) is 16.0. The minimum atomic E-state index is -4.45. The smallest absolute Gasteiger partial charge is 0.416 e. The zero-order chi connectivity index (χ0) is 31.6. The molecule has 12 heteroatoms. The van der Waals surface area contributed by atoms with Gasteiger partial charge in [-0.3, -0.25) is 14.2 Å². The maximum absolute atomic E-state index is 13.9. The molecule has 6 rings (SSSR count). The van der Waals surface area contributed by atoms with E-state index in [4.69, 9.17) is 9.72 Å². The number of hydrogen-bond donors (Lipinski definition) is 2. The molecule has 7 nitrogen and oxygen atoms in total. The lowest BCUT2D eigenvalue weighted by Gasteiger charge is -2.30. The molecule has 3 aromatic carbocycles. The van der Waals surface area contributed by atoms with Crippen LogP contribution in [0.3, 0.4) is 0 Å². The predicted octanol–water partition coefficient (Wildman–Crippen LogP) is 6.65. The largest absolute Gasteiger partial charge is 0.457 e. The van der Waals surface area contributed by atoms with Crippen LogP contribution in [0.15, 0.2) is 87.6 Å². The standard InChI is InChI=1S/C33H31F3N4O3S2/c34-33(35,36)22-5-3-6-24(17-22)43-23-13-11-21(12-14-23)18-37-19-30(41)39-16-15-27-26(20-39)31(42)40(28-9-1-2-10-29(28)44)32(38-27)45-25-7-4-8-25/h1-3,5-6,9-14,17,25,37,44H,4,7-8,15-16,18-20H2. The van der Waals surface area contributed by atoms with Crippen LogP contribution in [0.4, 0.5) is 13.2 Å². The molecule has 1 aliphatic carbocycles. The molecular weight excluding hydrogens is 622 g/mol. The Labute approximate surface area is 268 Å². The number of halogens is 3. The Morgan fingerprint density at radius 3 is 2.53 bits per heavy atom. The van der Waals surface area contributed by atoms with Crippen molar-refractivity contribution in [3.8, 4) is 17.2 Å². The molecule has 0 unspecified atom stereocenters. The van der Waals surface area contributed by atoms with E-state index in [2.05, 4.69) is 17.9 Å². The number of carbonyl (C=O) groups is 1. The second-order valence-electron chi connectivity index (χ2n) is 11.1. The third-order valence-electron chi connectivity index (χ3n) is 7.92. The second-order valence-corrected chi connectivity index (χ2v) is 12.8. The van der Waals surface area contributed by atoms with Gasteiger partial charge in [0.05, 0.1) is 35.6 Å². The summed E-state index contributed by atoms with van der Waals surface area (Å²) in [6.07, 6.45) is -0.550. The van der Waals surface area contributed by atoms with Crippen molar-refractivity contribution in [2.75, 3.05) is 13.1 Å². The molecule has 1 N–H and O–H groups in total. The van der Waals surface area contributed by atoms with Gasteiger partial charge in [-0.05, 0) is 60.9 Å². The summed E-state index contributed by atoms with van der Waals surface area (Å²) in [4.78, 5) is 34.4. The zero-order valence-electron chi connectivity index (χ0n) is 24.2. The van der Waals surface area contributed by atoms with Crippen molar-refractivity contribution in [3.63, 3.8) is 0 Å². The quantitative estimate of drug-likeness (QED) is 0.156. The number of rotatable bonds is 9. The van der Waals surface area contributed by atoms with Crippen molar-refractivity contribution in [2.45, 2.75) is 60.3 Å². The fraction of sp³-hybridized carbons (Fsp3) is 0.303. The van der Waals surface area contributed by atoms with E-state index in [9.17, 15) is 22.8 Å². The molecular formula is C33H31F3N4O3S2. The number of aromatic nitrogens is 2. The Kier molecular flexibility index (Phi) is 9.25. The number of thioether (sulfide) groups is 1. The summed E-state index contributed by atoms with van der Waals surface area (Å²) in [5.74, 6) is 0.364. The Hall–Kier alpha value is -3.74. The van der Waals surface area contributed by atoms with Crippen LogP contribution in [-0.2, 0) is 30.5 Å². The summed E-state index contributed by atoms with van der Waals surface area (Å²) in [6, 6.07) is 19.1. The Morgan fingerprint density at radius 1 is 1.04 bits per heavy atom. The molecule has 1 amide bonds. The third kappa shape index (κ3) is 7.23. The van der Waals surface area contributed by atoms with Crippen LogP contribution >= 0.6 is 24.4 Å². The molecule has 1 aromatic heterocycles. The van der Waals surface area contributed by atoms with E-state index in [1.165, 1.54) is 18.6 Å². The maximum Gasteiger partial charge on any atom is 0.416 e. The maximum atomic E-state index is 13.9. The predicted molar refractivity (Wildman–Crippen MR) is 169 cm³/mol. The van der Waals surface area contributed by atoms with Gasteiger partial charge >= 0.3 is 6.18 Å². The number of para-hydroxylation sites is 1. The number of nitrogens with one attached hydrogen (secondary N) is 1. The highest BCUT2D eigenvalue weighted by atomic mass is 32.2. The molecule has 1 saturated carbocycles. The minimum absolute atomic E-state index is 0.0779. The monoisotopic (exact) mass is 652 g/mol. The number of fused-ring (bicyclic) bond motifs is 1. The zero-order valence-corrected chi connectivity index (χ0v) is 25.9. The average molecular weight is 653 g/mol. The van der Waals surface area contributed by atoms with Crippen LogP contribution in [-0.4, -0.2) is 38.7 Å². The summed E-state index contributed by atoms with van der Waals surface area (Å²) in [6.45, 7) is 1.14. The van der Waals surface area contributed by atoms with Crippen molar-refractivity contribution in [2.24, 2.45) is 0 Å². The number of thiol groups is 1. The molecule has 0 saturated heterocycles. The van der Waals surface area contributed by atoms with E-state index >= 15 is 0 Å². The van der Waals surface area contributed by atoms with Gasteiger partial charge in [0.15, 0.2) is 5.16 Å². The highest BCUT2D eigenvalue weighted by molar-refractivity contribution is 7.99. The first kappa shape index (κ1) is 31.3. The number of nitrogens with zero attached hydrogens (tertiary/aromatic N) is 3. The lowest BCUT2D eigenvalue weighted by Crippen LogP contribution is -2.44. The molecule has 45 heavy (non-hydrogen) atoms. The Balaban J connectivity index is 1.08. The first-order chi connectivity index (χ1) is 21.7. The van der Waals surface area contributed by atoms with Crippen LogP contribution in [0.25, 0.3) is 5.69 Å². The summed E-state index contributed by atoms with van der Waals surface area (Å²) >= 11 is 6.25. The van der Waals surface area contributed by atoms with Crippen molar-refractivity contribution >= 4 is 30.3 Å². The lowest BCUT2D eigenvalue weighted by atomic mass is 10.0. The number of amides is 1. The van der Waals surface area contributed by atoms with E-state index in [1.54, 1.807) is 45.5 Å². The molecule has 4 aromatic rings. The van der Waals surface area contributed by atoms with Gasteiger partial charge in [-0.2, -0.15) is 13.2 Å². The number of benzene rings is 3. The van der Waals surface area contributed by atoms with Crippen molar-refractivity contribution < 1.29 is 22.7 Å². The SMILES string of the molecule is O=C(CNCc1ccc(Oc2cccc(C(F)(F)F)c2)cc1)N1CCc2nc(SC3CCC3)n(-c3ccccc3S)c(=O)c2C1. The third-order valence-corrected chi connectivity index (χ3v) is 9.59. The topological polar surface area (TPSA) is 76.5 Å². The van der Waals surface area contributed by atoms with Crippen LogP contribution in [0.2, 0.25) is 0 Å². The van der Waals surface area contributed by atoms with E-state index < -0.39 is 11.7 Å². The number of carbonyl (C=O) groups excluding carboxylic acids is 1. The van der Waals surface area contributed by atoms with Gasteiger partial charge in [-0.25, -0.2) is 4.98 Å². The van der Waals surface area contributed by atoms with Gasteiger partial charge < -0.3 is 15.0 Å². The van der Waals surface area contributed by atoms with Crippen LogP contribution in [0.5, 0.6) is 11.5 Å². The average Bonchev–Trinajstić information content (AvgIpc) is 3.00. The molecule has 2 aliphatic rings. The Bertz CT molecular complexity index is 1760. The van der Waals surface area contributed by atoms with Gasteiger partial charge in [0.2, 0.25) is 5.91 Å². The fourth-order valence-electron chi connectivity index (χ4n) is 5.22. The number of alkyl halides is 3. The molecule has 1 aliphatic heterocycles. The summed E-state index contributed by atoms with van der Waals surface area (Å²) in [7, 11) is 0. The van der Waals surface area contributed by atoms with Crippen molar-refractivity contribution in [1.29, 1.82) is 0 Å². The summed E-state index contributed by atoms with van der Waals surface area (Å²) in [5, 5.41) is 4.27. The van der Waals surface area contributed by atoms with E-state index in [0.29, 0.717) is 51.8 Å². The molecule has 0 spiro atoms. The molecule has 1 fully saturated rings. The van der Waals surface area contributed by atoms with E-state index in [0.717, 1.165) is 36.2 Å². The highest BCUT2D eigenvalue weighted by Crippen LogP contribution is 2.37. The lowest BCUT2D eigenvalue weighted by molar-refractivity contribution is -0.137. The molecule has 0 atom stereocenters. The summed E-state index contributed by atoms with van der Waals surface area (Å²) in [5.41, 5.74) is 1.89. The molecule has 234 valence electrons. The van der Waals surface area contributed by atoms with Gasteiger partial charge in [0, 0.05) is 29.7 Å². The van der Waals surface area contributed by atoms with Gasteiger partial charge in [-0.15, -0.1) is 12.6 Å². The van der Waals surface area contributed by atoms with Crippen molar-refractivity contribution in [3.05, 3.63) is 106 Å². The first-order valence-electron chi connectivity index (χ1n) is 14.7. The summed E-state index contributed by atoms with van der Waals surface area (Å²) < 4.78 is 46.2. The number of ether oxygens (including phenoxy) is 1. The minimum Gasteiger partial charge on any atom is -0.457 e. The molecule has 0 radical (unpaired) electrons. The fourth-order valence-corrected chi connectivity index (χ4v) is 6.80. The highest BCUT2D eigenvalue weighted by Gasteiger charge is 2.31. The molecule has 2 heterocycles. The normalized spacial score (nSPS) is 15.0. The van der Waals surface area contributed by atoms with Crippen molar-refractivity contribution in [1.82, 2.24) is 19.8 Å².